The highest BCUT2D eigenvalue weighted by Crippen LogP contribution is 2.18. The molecule has 0 saturated heterocycles. The van der Waals surface area contributed by atoms with Crippen molar-refractivity contribution in [3.05, 3.63) is 34.9 Å². The molecule has 0 spiro atoms. The largest absolute Gasteiger partial charge is 0.351 e. The molecular weight excluding hydrogens is 244 g/mol. The van der Waals surface area contributed by atoms with Crippen molar-refractivity contribution in [2.75, 3.05) is 19.3 Å². The first-order valence-electron chi connectivity index (χ1n) is 6.35. The standard InChI is InChI=1S/C14H20N2OS/c1-10(18-2)8-16-14(17)13-5-3-4-11-9-15-7-6-12(11)13/h3-5,10,15H,6-9H2,1-2H3,(H,16,17). The molecule has 1 aliphatic rings. The zero-order chi connectivity index (χ0) is 13.0. The number of benzene rings is 1. The van der Waals surface area contributed by atoms with Crippen LogP contribution in [-0.2, 0) is 13.0 Å². The van der Waals surface area contributed by atoms with Crippen molar-refractivity contribution in [2.24, 2.45) is 0 Å². The molecule has 0 aromatic heterocycles. The molecule has 98 valence electrons. The van der Waals surface area contributed by atoms with Gasteiger partial charge in [-0.2, -0.15) is 11.8 Å². The van der Waals surface area contributed by atoms with Crippen LogP contribution in [0.25, 0.3) is 0 Å². The molecule has 1 heterocycles. The Bertz CT molecular complexity index is 434. The summed E-state index contributed by atoms with van der Waals surface area (Å²) in [5.74, 6) is 0.0645. The van der Waals surface area contributed by atoms with Crippen molar-refractivity contribution >= 4 is 17.7 Å². The predicted octanol–water partition coefficient (Wildman–Crippen LogP) is 1.81. The van der Waals surface area contributed by atoms with E-state index in [1.54, 1.807) is 11.8 Å². The molecule has 0 bridgehead atoms. The van der Waals surface area contributed by atoms with Crippen molar-refractivity contribution in [2.45, 2.75) is 25.1 Å². The summed E-state index contributed by atoms with van der Waals surface area (Å²) in [4.78, 5) is 12.2. The Kier molecular flexibility index (Phi) is 4.66. The van der Waals surface area contributed by atoms with E-state index in [9.17, 15) is 4.79 Å². The van der Waals surface area contributed by atoms with E-state index < -0.39 is 0 Å². The fraction of sp³-hybridized carbons (Fsp3) is 0.500. The van der Waals surface area contributed by atoms with Crippen molar-refractivity contribution < 1.29 is 4.79 Å². The second-order valence-electron chi connectivity index (χ2n) is 4.63. The van der Waals surface area contributed by atoms with Gasteiger partial charge in [0.2, 0.25) is 0 Å². The van der Waals surface area contributed by atoms with Crippen LogP contribution in [0.3, 0.4) is 0 Å². The van der Waals surface area contributed by atoms with E-state index in [0.29, 0.717) is 5.25 Å². The van der Waals surface area contributed by atoms with Crippen molar-refractivity contribution in [1.29, 1.82) is 0 Å². The molecule has 18 heavy (non-hydrogen) atoms. The van der Waals surface area contributed by atoms with Gasteiger partial charge in [-0.3, -0.25) is 4.79 Å². The molecule has 0 radical (unpaired) electrons. The minimum absolute atomic E-state index is 0.0645. The van der Waals surface area contributed by atoms with Gasteiger partial charge in [0.1, 0.15) is 0 Å². The summed E-state index contributed by atoms with van der Waals surface area (Å²) in [5.41, 5.74) is 3.32. The summed E-state index contributed by atoms with van der Waals surface area (Å²) in [5, 5.41) is 6.80. The Morgan fingerprint density at radius 3 is 3.17 bits per heavy atom. The number of carbonyl (C=O) groups is 1. The molecule has 2 N–H and O–H groups in total. The first kappa shape index (κ1) is 13.4. The zero-order valence-electron chi connectivity index (χ0n) is 11.0. The molecule has 4 heteroatoms. The second-order valence-corrected chi connectivity index (χ2v) is 5.90. The van der Waals surface area contributed by atoms with Crippen molar-refractivity contribution in [3.63, 3.8) is 0 Å². The quantitative estimate of drug-likeness (QED) is 0.871. The van der Waals surface area contributed by atoms with Crippen LogP contribution in [0.5, 0.6) is 0 Å². The van der Waals surface area contributed by atoms with E-state index in [4.69, 9.17) is 0 Å². The fourth-order valence-corrected chi connectivity index (χ4v) is 2.41. The third-order valence-electron chi connectivity index (χ3n) is 3.34. The highest BCUT2D eigenvalue weighted by Gasteiger charge is 2.17. The number of carbonyl (C=O) groups excluding carboxylic acids is 1. The number of hydrogen-bond acceptors (Lipinski definition) is 3. The third-order valence-corrected chi connectivity index (χ3v) is 4.31. The fourth-order valence-electron chi connectivity index (χ4n) is 2.16. The zero-order valence-corrected chi connectivity index (χ0v) is 11.8. The maximum atomic E-state index is 12.2. The molecule has 1 atom stereocenters. The van der Waals surface area contributed by atoms with Gasteiger partial charge in [0, 0.05) is 23.9 Å². The molecule has 3 nitrogen and oxygen atoms in total. The summed E-state index contributed by atoms with van der Waals surface area (Å²) < 4.78 is 0. The molecule has 0 saturated carbocycles. The van der Waals surface area contributed by atoms with Crippen LogP contribution < -0.4 is 10.6 Å². The number of thioether (sulfide) groups is 1. The Labute approximate surface area is 113 Å². The van der Waals surface area contributed by atoms with Gasteiger partial charge < -0.3 is 10.6 Å². The average molecular weight is 264 g/mol. The van der Waals surface area contributed by atoms with Crippen LogP contribution in [0.1, 0.15) is 28.4 Å². The predicted molar refractivity (Wildman–Crippen MR) is 77.2 cm³/mol. The first-order valence-corrected chi connectivity index (χ1v) is 7.63. The SMILES string of the molecule is CSC(C)CNC(=O)c1cccc2c1CCNC2. The van der Waals surface area contributed by atoms with Crippen molar-refractivity contribution in [3.8, 4) is 0 Å². The number of fused-ring (bicyclic) bond motifs is 1. The Balaban J connectivity index is 2.10. The van der Waals surface area contributed by atoms with E-state index in [-0.39, 0.29) is 5.91 Å². The van der Waals surface area contributed by atoms with Crippen LogP contribution >= 0.6 is 11.8 Å². The van der Waals surface area contributed by atoms with Crippen LogP contribution in [0.2, 0.25) is 0 Å². The van der Waals surface area contributed by atoms with Crippen LogP contribution in [0.4, 0.5) is 0 Å². The van der Waals surface area contributed by atoms with Gasteiger partial charge in [0.25, 0.3) is 5.91 Å². The lowest BCUT2D eigenvalue weighted by atomic mass is 9.95. The summed E-state index contributed by atoms with van der Waals surface area (Å²) in [6.07, 6.45) is 3.00. The molecule has 1 aliphatic heterocycles. The second kappa shape index (κ2) is 6.25. The summed E-state index contributed by atoms with van der Waals surface area (Å²) in [7, 11) is 0. The molecular formula is C14H20N2OS. The minimum atomic E-state index is 0.0645. The third kappa shape index (κ3) is 3.06. The normalized spacial score (nSPS) is 15.9. The van der Waals surface area contributed by atoms with E-state index in [0.717, 1.165) is 31.6 Å². The van der Waals surface area contributed by atoms with Gasteiger partial charge in [-0.15, -0.1) is 0 Å². The van der Waals surface area contributed by atoms with E-state index in [2.05, 4.69) is 29.9 Å². The van der Waals surface area contributed by atoms with Gasteiger partial charge in [-0.1, -0.05) is 19.1 Å². The Hall–Kier alpha value is -1.00. The van der Waals surface area contributed by atoms with Crippen LogP contribution in [-0.4, -0.2) is 30.5 Å². The lowest BCUT2D eigenvalue weighted by Crippen LogP contribution is -2.32. The van der Waals surface area contributed by atoms with Crippen molar-refractivity contribution in [1.82, 2.24) is 10.6 Å². The van der Waals surface area contributed by atoms with Gasteiger partial charge in [-0.25, -0.2) is 0 Å². The molecule has 0 aliphatic carbocycles. The lowest BCUT2D eigenvalue weighted by molar-refractivity contribution is 0.0953. The van der Waals surface area contributed by atoms with E-state index >= 15 is 0 Å². The first-order chi connectivity index (χ1) is 8.72. The highest BCUT2D eigenvalue weighted by molar-refractivity contribution is 7.99. The van der Waals surface area contributed by atoms with Gasteiger partial charge in [0.05, 0.1) is 0 Å². The van der Waals surface area contributed by atoms with Crippen LogP contribution in [0, 0.1) is 0 Å². The van der Waals surface area contributed by atoms with Gasteiger partial charge in [0.15, 0.2) is 0 Å². The monoisotopic (exact) mass is 264 g/mol. The van der Waals surface area contributed by atoms with E-state index in [1.807, 2.05) is 12.1 Å². The topological polar surface area (TPSA) is 41.1 Å². The molecule has 1 aromatic carbocycles. The Morgan fingerprint density at radius 2 is 2.39 bits per heavy atom. The lowest BCUT2D eigenvalue weighted by Gasteiger charge is -2.20. The van der Waals surface area contributed by atoms with Gasteiger partial charge >= 0.3 is 0 Å². The summed E-state index contributed by atoms with van der Waals surface area (Å²) in [6.45, 7) is 4.67. The summed E-state index contributed by atoms with van der Waals surface area (Å²) in [6, 6.07) is 6.00. The molecule has 0 fully saturated rings. The molecule has 1 amide bonds. The minimum Gasteiger partial charge on any atom is -0.351 e. The average Bonchev–Trinajstić information content (AvgIpc) is 2.43. The Morgan fingerprint density at radius 1 is 1.56 bits per heavy atom. The van der Waals surface area contributed by atoms with Gasteiger partial charge in [-0.05, 0) is 36.4 Å². The smallest absolute Gasteiger partial charge is 0.251 e. The molecule has 2 rings (SSSR count). The number of hydrogen-bond donors (Lipinski definition) is 2. The summed E-state index contributed by atoms with van der Waals surface area (Å²) >= 11 is 1.77. The maximum absolute atomic E-state index is 12.2. The van der Waals surface area contributed by atoms with E-state index in [1.165, 1.54) is 11.1 Å². The number of nitrogens with one attached hydrogen (secondary N) is 2. The van der Waals surface area contributed by atoms with Crippen LogP contribution in [0.15, 0.2) is 18.2 Å². The number of amides is 1. The molecule has 1 aromatic rings. The maximum Gasteiger partial charge on any atom is 0.251 e. The molecule has 1 unspecified atom stereocenters. The number of rotatable bonds is 4. The highest BCUT2D eigenvalue weighted by atomic mass is 32.2.